The number of benzene rings is 2. The molecule has 0 unspecified atom stereocenters. The van der Waals surface area contributed by atoms with E-state index in [1.54, 1.807) is 54.6 Å². The number of hydrogen-bond acceptors (Lipinski definition) is 7. The topological polar surface area (TPSA) is 87.3 Å². The van der Waals surface area contributed by atoms with Gasteiger partial charge in [0.2, 0.25) is 0 Å². The van der Waals surface area contributed by atoms with Gasteiger partial charge in [0.1, 0.15) is 0 Å². The van der Waals surface area contributed by atoms with Gasteiger partial charge in [-0.3, -0.25) is 0 Å². The number of methoxy groups -OCH3 is 1. The van der Waals surface area contributed by atoms with Crippen LogP contribution in [0.3, 0.4) is 0 Å². The Kier molecular flexibility index (Phi) is 5.66. The molecule has 0 radical (unpaired) electrons. The van der Waals surface area contributed by atoms with E-state index in [-0.39, 0.29) is 11.6 Å². The molecule has 7 nitrogen and oxygen atoms in total. The normalized spacial score (nSPS) is 14.4. The predicted molar refractivity (Wildman–Crippen MR) is 116 cm³/mol. The molecule has 3 aromatic rings. The van der Waals surface area contributed by atoms with Crippen LogP contribution in [0.15, 0.2) is 76.0 Å². The van der Waals surface area contributed by atoms with E-state index >= 15 is 0 Å². The van der Waals surface area contributed by atoms with E-state index in [9.17, 15) is 9.59 Å². The molecule has 1 aliphatic heterocycles. The molecule has 0 amide bonds. The summed E-state index contributed by atoms with van der Waals surface area (Å²) in [5, 5.41) is 0. The molecule has 8 heteroatoms. The van der Waals surface area contributed by atoms with Crippen LogP contribution in [-0.2, 0) is 9.53 Å². The Bertz CT molecular complexity index is 1170. The molecule has 0 aliphatic carbocycles. The first-order chi connectivity index (χ1) is 14.5. The average molecular weight is 515 g/mol. The second-order valence-electron chi connectivity index (χ2n) is 6.10. The third-order valence-corrected chi connectivity index (χ3v) is 4.91. The van der Waals surface area contributed by atoms with Gasteiger partial charge in [0.05, 0.1) is 22.5 Å². The summed E-state index contributed by atoms with van der Waals surface area (Å²) in [5.41, 5.74) is 1.18. The van der Waals surface area contributed by atoms with Crippen molar-refractivity contribution in [1.82, 2.24) is 0 Å². The monoisotopic (exact) mass is 515 g/mol. The molecule has 1 aromatic heterocycles. The van der Waals surface area contributed by atoms with Crippen molar-refractivity contribution < 1.29 is 28.2 Å². The number of aliphatic imine (C=N–C) groups is 1. The number of nitrogens with zero attached hydrogens (tertiary/aromatic N) is 1. The lowest BCUT2D eigenvalue weighted by molar-refractivity contribution is -0.130. The van der Waals surface area contributed by atoms with Crippen LogP contribution in [0, 0.1) is 3.57 Å². The SMILES string of the molecule is COc1cc(/C=C2\N=C(c3ccco3)OC2=O)cc(I)c1OC(=O)c1ccccc1. The van der Waals surface area contributed by atoms with Crippen molar-refractivity contribution in [2.24, 2.45) is 4.99 Å². The maximum absolute atomic E-state index is 12.4. The Morgan fingerprint density at radius 1 is 1.13 bits per heavy atom. The fraction of sp³-hybridized carbons (Fsp3) is 0.0455. The molecule has 0 bridgehead atoms. The molecule has 2 heterocycles. The first-order valence-electron chi connectivity index (χ1n) is 8.76. The van der Waals surface area contributed by atoms with Gasteiger partial charge in [-0.25, -0.2) is 14.6 Å². The van der Waals surface area contributed by atoms with Crippen molar-refractivity contribution in [3.8, 4) is 11.5 Å². The second-order valence-corrected chi connectivity index (χ2v) is 7.27. The van der Waals surface area contributed by atoms with Crippen LogP contribution < -0.4 is 9.47 Å². The number of carbonyl (C=O) groups is 2. The lowest BCUT2D eigenvalue weighted by atomic mass is 10.1. The van der Waals surface area contributed by atoms with Crippen LogP contribution in [0.25, 0.3) is 6.08 Å². The summed E-state index contributed by atoms with van der Waals surface area (Å²) >= 11 is 2.04. The highest BCUT2D eigenvalue weighted by molar-refractivity contribution is 14.1. The Morgan fingerprint density at radius 3 is 2.63 bits per heavy atom. The third-order valence-electron chi connectivity index (χ3n) is 4.11. The number of cyclic esters (lactones) is 1. The molecule has 0 atom stereocenters. The highest BCUT2D eigenvalue weighted by atomic mass is 127. The van der Waals surface area contributed by atoms with E-state index in [4.69, 9.17) is 18.6 Å². The standard InChI is InChI=1S/C22H14INO6/c1-27-18-12-13(11-16-22(26)30-20(24-16)17-8-5-9-28-17)10-15(23)19(18)29-21(25)14-6-3-2-4-7-14/h2-12H,1H3/b16-11-. The van der Waals surface area contributed by atoms with Gasteiger partial charge in [-0.15, -0.1) is 0 Å². The zero-order valence-corrected chi connectivity index (χ0v) is 17.8. The van der Waals surface area contributed by atoms with Crippen LogP contribution in [0.2, 0.25) is 0 Å². The highest BCUT2D eigenvalue weighted by Crippen LogP contribution is 2.35. The molecule has 4 rings (SSSR count). The van der Waals surface area contributed by atoms with E-state index in [2.05, 4.69) is 4.99 Å². The van der Waals surface area contributed by atoms with Gasteiger partial charge in [0, 0.05) is 0 Å². The van der Waals surface area contributed by atoms with Gasteiger partial charge >= 0.3 is 11.9 Å². The summed E-state index contributed by atoms with van der Waals surface area (Å²) < 4.78 is 21.9. The second kappa shape index (κ2) is 8.54. The molecule has 0 saturated carbocycles. The summed E-state index contributed by atoms with van der Waals surface area (Å²) in [6.45, 7) is 0. The van der Waals surface area contributed by atoms with E-state index < -0.39 is 11.9 Å². The molecule has 0 N–H and O–H groups in total. The van der Waals surface area contributed by atoms with E-state index in [1.807, 2.05) is 28.7 Å². The summed E-state index contributed by atoms with van der Waals surface area (Å²) in [4.78, 5) is 28.7. The predicted octanol–water partition coefficient (Wildman–Crippen LogP) is 4.46. The molecule has 0 fully saturated rings. The molecule has 150 valence electrons. The maximum atomic E-state index is 12.4. The van der Waals surface area contributed by atoms with Crippen LogP contribution in [-0.4, -0.2) is 24.9 Å². The van der Waals surface area contributed by atoms with Gasteiger partial charge in [-0.1, -0.05) is 18.2 Å². The van der Waals surface area contributed by atoms with Crippen LogP contribution in [0.1, 0.15) is 21.7 Å². The van der Waals surface area contributed by atoms with Crippen molar-refractivity contribution in [3.63, 3.8) is 0 Å². The Balaban J connectivity index is 1.63. The van der Waals surface area contributed by atoms with Gasteiger partial charge in [0.25, 0.3) is 5.90 Å². The van der Waals surface area contributed by atoms with Gasteiger partial charge in [-0.2, -0.15) is 0 Å². The Labute approximate surface area is 185 Å². The first-order valence-corrected chi connectivity index (χ1v) is 9.84. The fourth-order valence-corrected chi connectivity index (χ4v) is 3.46. The van der Waals surface area contributed by atoms with Crippen molar-refractivity contribution in [3.05, 3.63) is 87.0 Å². The molecule has 2 aromatic carbocycles. The maximum Gasteiger partial charge on any atom is 0.363 e. The largest absolute Gasteiger partial charge is 0.493 e. The summed E-state index contributed by atoms with van der Waals surface area (Å²) in [6, 6.07) is 15.4. The van der Waals surface area contributed by atoms with E-state index in [0.29, 0.717) is 32.0 Å². The summed E-state index contributed by atoms with van der Waals surface area (Å²) in [6.07, 6.45) is 3.03. The number of hydrogen-bond donors (Lipinski definition) is 0. The van der Waals surface area contributed by atoms with Crippen LogP contribution in [0.4, 0.5) is 0 Å². The average Bonchev–Trinajstić information content (AvgIpc) is 3.40. The number of furan rings is 1. The molecule has 30 heavy (non-hydrogen) atoms. The van der Waals surface area contributed by atoms with E-state index in [0.717, 1.165) is 0 Å². The smallest absolute Gasteiger partial charge is 0.363 e. The molecule has 0 saturated heterocycles. The minimum Gasteiger partial charge on any atom is -0.493 e. The minimum absolute atomic E-state index is 0.103. The Hall–Kier alpha value is -3.40. The van der Waals surface area contributed by atoms with Gasteiger partial charge in [0.15, 0.2) is 23.0 Å². The number of rotatable bonds is 5. The third kappa shape index (κ3) is 4.13. The van der Waals surface area contributed by atoms with Crippen molar-refractivity contribution in [2.45, 2.75) is 0 Å². The number of esters is 2. The zero-order chi connectivity index (χ0) is 21.1. The molecule has 1 aliphatic rings. The Morgan fingerprint density at radius 2 is 1.93 bits per heavy atom. The quantitative estimate of drug-likeness (QED) is 0.216. The fourth-order valence-electron chi connectivity index (χ4n) is 2.72. The van der Waals surface area contributed by atoms with Crippen LogP contribution in [0.5, 0.6) is 11.5 Å². The summed E-state index contributed by atoms with van der Waals surface area (Å²) in [7, 11) is 1.47. The number of halogens is 1. The molecular weight excluding hydrogens is 501 g/mol. The lowest BCUT2D eigenvalue weighted by Crippen LogP contribution is -2.10. The van der Waals surface area contributed by atoms with Gasteiger partial charge in [-0.05, 0) is 70.6 Å². The van der Waals surface area contributed by atoms with E-state index in [1.165, 1.54) is 13.4 Å². The lowest BCUT2D eigenvalue weighted by Gasteiger charge is -2.12. The van der Waals surface area contributed by atoms with Crippen molar-refractivity contribution >= 4 is 46.5 Å². The zero-order valence-electron chi connectivity index (χ0n) is 15.6. The van der Waals surface area contributed by atoms with Crippen molar-refractivity contribution in [2.75, 3.05) is 7.11 Å². The van der Waals surface area contributed by atoms with Crippen LogP contribution >= 0.6 is 22.6 Å². The molecular formula is C22H14INO6. The molecule has 0 spiro atoms. The van der Waals surface area contributed by atoms with Gasteiger partial charge < -0.3 is 18.6 Å². The highest BCUT2D eigenvalue weighted by Gasteiger charge is 2.26. The first kappa shape index (κ1) is 19.9. The number of ether oxygens (including phenoxy) is 3. The number of carbonyl (C=O) groups excluding carboxylic acids is 2. The minimum atomic E-state index is -0.588. The summed E-state index contributed by atoms with van der Waals surface area (Å²) in [5.74, 6) is 0.0239. The van der Waals surface area contributed by atoms with Crippen molar-refractivity contribution in [1.29, 1.82) is 0 Å².